The minimum Gasteiger partial charge on any atom is -0.0910 e. The van der Waals surface area contributed by atoms with E-state index in [1.54, 1.807) is 0 Å². The Labute approximate surface area is 174 Å². The molecule has 1 atom stereocenters. The van der Waals surface area contributed by atoms with Crippen molar-refractivity contribution in [1.82, 2.24) is 0 Å². The van der Waals surface area contributed by atoms with Crippen LogP contribution >= 0.6 is 56.4 Å². The standard InChI is InChI=1S/C19H37Cl3S2/c1-5-7-9-11-13-17(14-12-10-8-6-2)18(15-19(20,21)22)24-23-16(3)4/h16-18H,5-15H2,1-4H3/t18-/m0/s1. The zero-order chi connectivity index (χ0) is 18.4. The molecule has 0 rings (SSSR count). The van der Waals surface area contributed by atoms with Crippen LogP contribution in [0, 0.1) is 5.92 Å². The largest absolute Gasteiger partial charge is 0.191 e. The van der Waals surface area contributed by atoms with Crippen LogP contribution in [0.1, 0.15) is 98.3 Å². The van der Waals surface area contributed by atoms with E-state index < -0.39 is 3.79 Å². The average Bonchev–Trinajstić information content (AvgIpc) is 2.49. The van der Waals surface area contributed by atoms with Gasteiger partial charge in [-0.15, -0.1) is 0 Å². The SMILES string of the molecule is CCCCCCC(CCCCCC)[C@H](CC(Cl)(Cl)Cl)SSC(C)C. The lowest BCUT2D eigenvalue weighted by Crippen LogP contribution is -2.23. The van der Waals surface area contributed by atoms with E-state index >= 15 is 0 Å². The minimum atomic E-state index is -1.14. The van der Waals surface area contributed by atoms with Crippen LogP contribution in [0.15, 0.2) is 0 Å². The highest BCUT2D eigenvalue weighted by Gasteiger charge is 2.31. The van der Waals surface area contributed by atoms with Crippen LogP contribution in [0.4, 0.5) is 0 Å². The zero-order valence-corrected chi connectivity index (χ0v) is 19.9. The van der Waals surface area contributed by atoms with E-state index in [9.17, 15) is 0 Å². The van der Waals surface area contributed by atoms with Crippen LogP contribution in [0.2, 0.25) is 0 Å². The lowest BCUT2D eigenvalue weighted by atomic mass is 9.90. The lowest BCUT2D eigenvalue weighted by Gasteiger charge is -2.29. The van der Waals surface area contributed by atoms with Crippen LogP contribution in [-0.2, 0) is 0 Å². The summed E-state index contributed by atoms with van der Waals surface area (Å²) in [5, 5.41) is 1.04. The van der Waals surface area contributed by atoms with Gasteiger partial charge in [0.1, 0.15) is 0 Å². The van der Waals surface area contributed by atoms with Gasteiger partial charge in [0.2, 0.25) is 0 Å². The van der Waals surface area contributed by atoms with E-state index in [0.29, 0.717) is 22.8 Å². The summed E-state index contributed by atoms with van der Waals surface area (Å²) in [6, 6.07) is 0. The van der Waals surface area contributed by atoms with Crippen LogP contribution in [-0.4, -0.2) is 14.3 Å². The number of rotatable bonds is 15. The molecular weight excluding hydrogens is 399 g/mol. The van der Waals surface area contributed by atoms with Crippen LogP contribution in [0.3, 0.4) is 0 Å². The van der Waals surface area contributed by atoms with Gasteiger partial charge in [0.25, 0.3) is 0 Å². The molecule has 0 aromatic rings. The Morgan fingerprint density at radius 1 is 0.750 bits per heavy atom. The highest BCUT2D eigenvalue weighted by molar-refractivity contribution is 8.77. The second-order valence-corrected chi connectivity index (χ2v) is 12.7. The third kappa shape index (κ3) is 15.8. The van der Waals surface area contributed by atoms with Crippen molar-refractivity contribution in [2.24, 2.45) is 5.92 Å². The molecule has 0 spiro atoms. The average molecular weight is 436 g/mol. The molecule has 0 unspecified atom stereocenters. The number of unbranched alkanes of at least 4 members (excludes halogenated alkanes) is 6. The second kappa shape index (κ2) is 15.6. The van der Waals surface area contributed by atoms with Gasteiger partial charge in [-0.3, -0.25) is 0 Å². The van der Waals surface area contributed by atoms with Gasteiger partial charge in [-0.05, 0) is 18.8 Å². The van der Waals surface area contributed by atoms with Crippen LogP contribution in [0.25, 0.3) is 0 Å². The van der Waals surface area contributed by atoms with Gasteiger partial charge >= 0.3 is 0 Å². The molecule has 0 aliphatic rings. The summed E-state index contributed by atoms with van der Waals surface area (Å²) in [6.45, 7) is 9.01. The molecule has 0 aromatic carbocycles. The van der Waals surface area contributed by atoms with Gasteiger partial charge in [-0.2, -0.15) is 0 Å². The molecule has 24 heavy (non-hydrogen) atoms. The molecule has 0 aromatic heterocycles. The zero-order valence-electron chi connectivity index (χ0n) is 16.0. The molecule has 0 nitrogen and oxygen atoms in total. The third-order valence-corrected chi connectivity index (χ3v) is 8.17. The first kappa shape index (κ1) is 25.6. The fourth-order valence-electron chi connectivity index (χ4n) is 2.87. The summed E-state index contributed by atoms with van der Waals surface area (Å²) in [4.78, 5) is 0. The summed E-state index contributed by atoms with van der Waals surface area (Å²) in [6.07, 6.45) is 13.8. The first-order valence-electron chi connectivity index (χ1n) is 9.69. The summed E-state index contributed by atoms with van der Waals surface area (Å²) < 4.78 is -1.14. The molecule has 0 aliphatic heterocycles. The Hall–Kier alpha value is 1.57. The molecule has 0 heterocycles. The highest BCUT2D eigenvalue weighted by Crippen LogP contribution is 2.45. The van der Waals surface area contributed by atoms with Gasteiger partial charge in [0.05, 0.1) is 0 Å². The lowest BCUT2D eigenvalue weighted by molar-refractivity contribution is 0.386. The van der Waals surface area contributed by atoms with Crippen molar-refractivity contribution in [3.63, 3.8) is 0 Å². The molecule has 0 saturated heterocycles. The molecule has 0 N–H and O–H groups in total. The van der Waals surface area contributed by atoms with Gasteiger partial charge in [-0.25, -0.2) is 0 Å². The topological polar surface area (TPSA) is 0 Å². The fourth-order valence-corrected chi connectivity index (χ4v) is 6.53. The van der Waals surface area contributed by atoms with E-state index in [-0.39, 0.29) is 0 Å². The maximum atomic E-state index is 6.16. The maximum absolute atomic E-state index is 6.16. The van der Waals surface area contributed by atoms with Crippen molar-refractivity contribution in [1.29, 1.82) is 0 Å². The van der Waals surface area contributed by atoms with Crippen LogP contribution < -0.4 is 0 Å². The van der Waals surface area contributed by atoms with Gasteiger partial charge < -0.3 is 0 Å². The first-order valence-corrected chi connectivity index (χ1v) is 13.1. The second-order valence-electron chi connectivity index (χ2n) is 7.06. The maximum Gasteiger partial charge on any atom is 0.191 e. The Morgan fingerprint density at radius 2 is 1.25 bits per heavy atom. The van der Waals surface area contributed by atoms with E-state index in [1.807, 2.05) is 21.6 Å². The third-order valence-electron chi connectivity index (χ3n) is 4.19. The number of hydrogen-bond donors (Lipinski definition) is 0. The molecule has 5 heteroatoms. The van der Waals surface area contributed by atoms with Crippen molar-refractivity contribution in [2.45, 2.75) is 113 Å². The molecule has 0 radical (unpaired) electrons. The van der Waals surface area contributed by atoms with Crippen molar-refractivity contribution >= 4 is 56.4 Å². The predicted molar refractivity (Wildman–Crippen MR) is 120 cm³/mol. The van der Waals surface area contributed by atoms with Crippen molar-refractivity contribution in [3.05, 3.63) is 0 Å². The van der Waals surface area contributed by atoms with Crippen molar-refractivity contribution in [2.75, 3.05) is 0 Å². The Bertz CT molecular complexity index is 268. The highest BCUT2D eigenvalue weighted by atomic mass is 35.6. The van der Waals surface area contributed by atoms with E-state index in [1.165, 1.54) is 64.2 Å². The molecule has 146 valence electrons. The Morgan fingerprint density at radius 3 is 1.62 bits per heavy atom. The molecule has 0 bridgehead atoms. The quantitative estimate of drug-likeness (QED) is 0.143. The normalized spacial score (nSPS) is 13.9. The first-order chi connectivity index (χ1) is 11.3. The molecular formula is C19H37Cl3S2. The predicted octanol–water partition coefficient (Wildman–Crippen LogP) is 9.46. The Kier molecular flexibility index (Phi) is 16.6. The smallest absolute Gasteiger partial charge is 0.0910 e. The fraction of sp³-hybridized carbons (Fsp3) is 1.00. The molecule has 0 fully saturated rings. The van der Waals surface area contributed by atoms with E-state index in [2.05, 4.69) is 27.7 Å². The molecule has 0 aliphatic carbocycles. The number of hydrogen-bond acceptors (Lipinski definition) is 2. The van der Waals surface area contributed by atoms with Gasteiger partial charge in [0, 0.05) is 16.9 Å². The van der Waals surface area contributed by atoms with E-state index in [0.717, 1.165) is 0 Å². The summed E-state index contributed by atoms with van der Waals surface area (Å²) in [7, 11) is 3.89. The number of alkyl halides is 3. The van der Waals surface area contributed by atoms with Gasteiger partial charge in [-0.1, -0.05) is 135 Å². The van der Waals surface area contributed by atoms with Crippen molar-refractivity contribution < 1.29 is 0 Å². The number of halogens is 3. The summed E-state index contributed by atoms with van der Waals surface area (Å²) in [5.74, 6) is 0.672. The minimum absolute atomic E-state index is 0.438. The summed E-state index contributed by atoms with van der Waals surface area (Å²) >= 11 is 18.5. The molecule has 0 saturated carbocycles. The van der Waals surface area contributed by atoms with Gasteiger partial charge in [0.15, 0.2) is 3.79 Å². The van der Waals surface area contributed by atoms with Crippen molar-refractivity contribution in [3.8, 4) is 0 Å². The monoisotopic (exact) mass is 434 g/mol. The molecule has 0 amide bonds. The Balaban J connectivity index is 4.71. The van der Waals surface area contributed by atoms with Crippen LogP contribution in [0.5, 0.6) is 0 Å². The summed E-state index contributed by atoms with van der Waals surface area (Å²) in [5.41, 5.74) is 0. The van der Waals surface area contributed by atoms with E-state index in [4.69, 9.17) is 34.8 Å².